The Balaban J connectivity index is 0.000000191. The number of hydrogen-bond acceptors (Lipinski definition) is 8. The van der Waals surface area contributed by atoms with Crippen LogP contribution < -0.4 is 41.9 Å². The fraction of sp³-hybridized carbons (Fsp3) is 0.143. The molecule has 1 atom stereocenters. The highest BCUT2D eigenvalue weighted by Crippen LogP contribution is 2.29. The van der Waals surface area contributed by atoms with Crippen molar-refractivity contribution < 1.29 is 18.9 Å². The van der Waals surface area contributed by atoms with Crippen molar-refractivity contribution in [2.24, 2.45) is 0 Å². The van der Waals surface area contributed by atoms with Gasteiger partial charge < -0.3 is 41.9 Å². The van der Waals surface area contributed by atoms with Crippen LogP contribution in [0.2, 0.25) is 0 Å². The maximum absolute atomic E-state index is 5.88. The summed E-state index contributed by atoms with van der Waals surface area (Å²) in [5.74, 6) is 6.80. The Bertz CT molecular complexity index is 2540. The highest BCUT2D eigenvalue weighted by atomic mass is 16.5. The zero-order valence-corrected chi connectivity index (χ0v) is 36.2. The van der Waals surface area contributed by atoms with E-state index in [1.807, 2.05) is 146 Å². The highest BCUT2D eigenvalue weighted by Gasteiger charge is 2.08. The van der Waals surface area contributed by atoms with Crippen molar-refractivity contribution >= 4 is 22.7 Å². The average Bonchev–Trinajstić information content (AvgIpc) is 3.31. The summed E-state index contributed by atoms with van der Waals surface area (Å²) in [6, 6.07) is 62.9. The zero-order valence-electron chi connectivity index (χ0n) is 36.2. The van der Waals surface area contributed by atoms with Crippen LogP contribution in [0.3, 0.4) is 0 Å². The van der Waals surface area contributed by atoms with Crippen LogP contribution in [0.15, 0.2) is 194 Å². The Kier molecular flexibility index (Phi) is 15.4. The topological polar surface area (TPSA) is 141 Å². The summed E-state index contributed by atoms with van der Waals surface area (Å²) < 4.78 is 23.5. The van der Waals surface area contributed by atoms with Gasteiger partial charge in [0.25, 0.3) is 0 Å². The van der Waals surface area contributed by atoms with Crippen LogP contribution in [0.25, 0.3) is 0 Å². The third kappa shape index (κ3) is 14.1. The van der Waals surface area contributed by atoms with E-state index in [0.29, 0.717) is 17.3 Å². The van der Waals surface area contributed by atoms with E-state index in [9.17, 15) is 0 Å². The molecule has 64 heavy (non-hydrogen) atoms. The van der Waals surface area contributed by atoms with E-state index < -0.39 is 0 Å². The number of aryl methyl sites for hydroxylation is 3. The second-order valence-electron chi connectivity index (χ2n) is 15.8. The van der Waals surface area contributed by atoms with E-state index in [1.54, 1.807) is 0 Å². The van der Waals surface area contributed by atoms with Crippen LogP contribution >= 0.6 is 0 Å². The van der Waals surface area contributed by atoms with Gasteiger partial charge in [0.15, 0.2) is 0 Å². The van der Waals surface area contributed by atoms with Crippen LogP contribution in [-0.2, 0) is 19.3 Å². The number of unbranched alkanes of at least 4 members (excludes halogenated alkanes) is 1. The number of nitrogen functional groups attached to an aromatic ring is 4. The molecule has 8 heteroatoms. The lowest BCUT2D eigenvalue weighted by Crippen LogP contribution is -1.97. The second kappa shape index (κ2) is 22.3. The molecule has 8 N–H and O–H groups in total. The molecule has 0 aliphatic rings. The Morgan fingerprint density at radius 2 is 0.641 bits per heavy atom. The molecule has 8 aromatic rings. The minimum Gasteiger partial charge on any atom is -0.457 e. The van der Waals surface area contributed by atoms with Gasteiger partial charge >= 0.3 is 0 Å². The standard InChI is InChI=1S/2C28H28N2O2/c1-20(22-6-14-26(15-7-22)32-28-18-10-24(30)11-19-28)2-3-21-4-12-25(13-5-21)31-27-16-8-23(29)9-17-27;29-23-7-3-9-27(19-23)31-25-15-11-21(12-16-25)5-1-2-6-22-13-17-26(18-14-22)32-28-10-4-8-24(30)20-28/h4-20H,2-3,29-30H2,1H3;3-4,7-20H,1-2,5-6,29-30H2. The SMILES string of the molecule is CC(CCc1ccc(Oc2ccc(N)cc2)cc1)c1ccc(Oc2ccc(N)cc2)cc1.Nc1cccc(Oc2ccc(CCCCc3ccc(Oc4cccc(N)c4)cc3)cc2)c1. The minimum absolute atomic E-state index is 0.450. The molecule has 1 unspecified atom stereocenters. The second-order valence-corrected chi connectivity index (χ2v) is 15.8. The Morgan fingerprint density at radius 1 is 0.328 bits per heavy atom. The van der Waals surface area contributed by atoms with E-state index in [2.05, 4.69) is 55.5 Å². The molecule has 8 rings (SSSR count). The van der Waals surface area contributed by atoms with Crippen LogP contribution in [0.1, 0.15) is 54.4 Å². The van der Waals surface area contributed by atoms with E-state index in [4.69, 9.17) is 41.9 Å². The summed E-state index contributed by atoms with van der Waals surface area (Å²) in [7, 11) is 0. The summed E-state index contributed by atoms with van der Waals surface area (Å²) in [6.07, 6.45) is 6.45. The first-order valence-electron chi connectivity index (χ1n) is 21.7. The lowest BCUT2D eigenvalue weighted by molar-refractivity contribution is 0.482. The Hall–Kier alpha value is -7.84. The first-order valence-corrected chi connectivity index (χ1v) is 21.7. The van der Waals surface area contributed by atoms with Gasteiger partial charge in [-0.05, 0) is 188 Å². The molecule has 0 aliphatic carbocycles. The molecule has 0 saturated carbocycles. The molecule has 0 fully saturated rings. The first kappa shape index (κ1) is 44.2. The minimum atomic E-state index is 0.450. The molecule has 8 nitrogen and oxygen atoms in total. The van der Waals surface area contributed by atoms with Gasteiger partial charge in [0.05, 0.1) is 0 Å². The lowest BCUT2D eigenvalue weighted by Gasteiger charge is -2.13. The van der Waals surface area contributed by atoms with Crippen molar-refractivity contribution in [2.75, 3.05) is 22.9 Å². The predicted octanol–water partition coefficient (Wildman–Crippen LogP) is 14.2. The van der Waals surface area contributed by atoms with Gasteiger partial charge in [-0.2, -0.15) is 0 Å². The van der Waals surface area contributed by atoms with Gasteiger partial charge in [-0.25, -0.2) is 0 Å². The normalized spacial score (nSPS) is 11.1. The van der Waals surface area contributed by atoms with Crippen molar-refractivity contribution in [1.29, 1.82) is 0 Å². The number of anilines is 4. The summed E-state index contributed by atoms with van der Waals surface area (Å²) in [5, 5.41) is 0. The van der Waals surface area contributed by atoms with E-state index in [-0.39, 0.29) is 0 Å². The molecule has 0 amide bonds. The molecule has 0 heterocycles. The summed E-state index contributed by atoms with van der Waals surface area (Å²) in [4.78, 5) is 0. The van der Waals surface area contributed by atoms with Crippen molar-refractivity contribution in [3.63, 3.8) is 0 Å². The average molecular weight is 849 g/mol. The van der Waals surface area contributed by atoms with E-state index in [1.165, 1.54) is 22.3 Å². The molecule has 0 saturated heterocycles. The number of ether oxygens (including phenoxy) is 4. The fourth-order valence-corrected chi connectivity index (χ4v) is 7.02. The van der Waals surface area contributed by atoms with Gasteiger partial charge in [0.2, 0.25) is 0 Å². The van der Waals surface area contributed by atoms with Gasteiger partial charge in [0, 0.05) is 34.9 Å². The number of rotatable bonds is 17. The fourth-order valence-electron chi connectivity index (χ4n) is 7.02. The number of hydrogen-bond donors (Lipinski definition) is 4. The van der Waals surface area contributed by atoms with Crippen molar-refractivity contribution in [3.05, 3.63) is 216 Å². The van der Waals surface area contributed by atoms with Gasteiger partial charge in [-0.15, -0.1) is 0 Å². The Labute approximate surface area is 377 Å². The summed E-state index contributed by atoms with van der Waals surface area (Å²) >= 11 is 0. The van der Waals surface area contributed by atoms with Crippen molar-refractivity contribution in [2.45, 2.75) is 51.4 Å². The summed E-state index contributed by atoms with van der Waals surface area (Å²) in [5.41, 5.74) is 31.1. The molecule has 0 aromatic heterocycles. The van der Waals surface area contributed by atoms with Crippen molar-refractivity contribution in [3.8, 4) is 46.0 Å². The number of nitrogens with two attached hydrogens (primary N) is 4. The van der Waals surface area contributed by atoms with Gasteiger partial charge in [-0.1, -0.05) is 67.6 Å². The van der Waals surface area contributed by atoms with Crippen LogP contribution in [0.4, 0.5) is 22.7 Å². The largest absolute Gasteiger partial charge is 0.457 e. The quantitative estimate of drug-likeness (QED) is 0.0524. The van der Waals surface area contributed by atoms with Crippen LogP contribution in [0.5, 0.6) is 46.0 Å². The third-order valence-corrected chi connectivity index (χ3v) is 10.7. The third-order valence-electron chi connectivity index (χ3n) is 10.7. The van der Waals surface area contributed by atoms with Crippen molar-refractivity contribution in [1.82, 2.24) is 0 Å². The smallest absolute Gasteiger partial charge is 0.129 e. The van der Waals surface area contributed by atoms with Gasteiger partial charge in [-0.3, -0.25) is 0 Å². The van der Waals surface area contributed by atoms with Gasteiger partial charge in [0.1, 0.15) is 46.0 Å². The van der Waals surface area contributed by atoms with E-state index >= 15 is 0 Å². The highest BCUT2D eigenvalue weighted by molar-refractivity contribution is 5.47. The molecule has 0 spiro atoms. The molecule has 324 valence electrons. The number of benzene rings is 8. The monoisotopic (exact) mass is 848 g/mol. The molecular weight excluding hydrogens is 793 g/mol. The van der Waals surface area contributed by atoms with Crippen LogP contribution in [0, 0.1) is 0 Å². The summed E-state index contributed by atoms with van der Waals surface area (Å²) in [6.45, 7) is 2.26. The zero-order chi connectivity index (χ0) is 44.5. The maximum Gasteiger partial charge on any atom is 0.129 e. The molecule has 8 aromatic carbocycles. The molecule has 0 radical (unpaired) electrons. The van der Waals surface area contributed by atoms with E-state index in [0.717, 1.165) is 95.9 Å². The van der Waals surface area contributed by atoms with Crippen LogP contribution in [-0.4, -0.2) is 0 Å². The first-order chi connectivity index (χ1) is 31.2. The Morgan fingerprint density at radius 3 is 1.00 bits per heavy atom. The maximum atomic E-state index is 5.88. The molecule has 0 bridgehead atoms. The lowest BCUT2D eigenvalue weighted by atomic mass is 9.94. The molecular formula is C56H56N4O4. The molecule has 0 aliphatic heterocycles. The predicted molar refractivity (Wildman–Crippen MR) is 263 cm³/mol.